The quantitative estimate of drug-likeness (QED) is 0.940. The molecule has 5 nitrogen and oxygen atoms in total. The van der Waals surface area contributed by atoms with Crippen molar-refractivity contribution in [3.05, 3.63) is 41.3 Å². The molecule has 1 heterocycles. The smallest absolute Gasteiger partial charge is 0.373 e. The van der Waals surface area contributed by atoms with E-state index in [4.69, 9.17) is 16.7 Å². The van der Waals surface area contributed by atoms with Crippen LogP contribution in [0.3, 0.4) is 0 Å². The molecule has 0 unspecified atom stereocenters. The van der Waals surface area contributed by atoms with E-state index in [2.05, 4.69) is 14.9 Å². The number of aromatic nitrogens is 2. The Morgan fingerprint density at radius 2 is 2.14 bits per heavy atom. The molecule has 108 valence electrons. The van der Waals surface area contributed by atoms with Crippen molar-refractivity contribution in [1.82, 2.24) is 9.97 Å². The number of rotatable bonds is 4. The van der Waals surface area contributed by atoms with Gasteiger partial charge in [0.2, 0.25) is 5.82 Å². The van der Waals surface area contributed by atoms with Gasteiger partial charge in [-0.3, -0.25) is 0 Å². The largest absolute Gasteiger partial charge is 0.475 e. The number of hydrogen-bond donors (Lipinski definition) is 1. The minimum absolute atomic E-state index is 0.215. The maximum absolute atomic E-state index is 11.0. The van der Waals surface area contributed by atoms with E-state index in [1.807, 2.05) is 25.2 Å². The van der Waals surface area contributed by atoms with Gasteiger partial charge in [-0.2, -0.15) is 0 Å². The molecule has 1 saturated carbocycles. The van der Waals surface area contributed by atoms with Crippen LogP contribution in [0.1, 0.15) is 23.5 Å². The molecule has 0 atom stereocenters. The van der Waals surface area contributed by atoms with Crippen LogP contribution in [0, 0.1) is 0 Å². The number of anilines is 1. The van der Waals surface area contributed by atoms with E-state index in [1.54, 1.807) is 6.07 Å². The number of halogens is 1. The normalized spacial score (nSPS) is 14.0. The van der Waals surface area contributed by atoms with Crippen molar-refractivity contribution in [1.29, 1.82) is 0 Å². The third-order valence-electron chi connectivity index (χ3n) is 3.56. The standard InChI is InChI=1S/C15H14ClN3O2/c1-19(9-5-6-9)13-10(3-2-4-11(13)16)12-7-8-17-14(18-12)15(20)21/h2-4,7-9H,5-6H2,1H3,(H,20,21). The number of hydrogen-bond acceptors (Lipinski definition) is 4. The van der Waals surface area contributed by atoms with Crippen molar-refractivity contribution in [2.75, 3.05) is 11.9 Å². The van der Waals surface area contributed by atoms with E-state index in [-0.39, 0.29) is 5.82 Å². The summed E-state index contributed by atoms with van der Waals surface area (Å²) in [6.07, 6.45) is 3.74. The first-order valence-electron chi connectivity index (χ1n) is 6.66. The lowest BCUT2D eigenvalue weighted by Gasteiger charge is -2.23. The molecule has 1 aliphatic rings. The molecule has 1 aromatic heterocycles. The van der Waals surface area contributed by atoms with Crippen LogP contribution in [0.15, 0.2) is 30.5 Å². The topological polar surface area (TPSA) is 66.3 Å². The van der Waals surface area contributed by atoms with Crippen molar-refractivity contribution in [2.24, 2.45) is 0 Å². The van der Waals surface area contributed by atoms with Crippen molar-refractivity contribution in [3.8, 4) is 11.3 Å². The van der Waals surface area contributed by atoms with Crippen LogP contribution < -0.4 is 4.90 Å². The highest BCUT2D eigenvalue weighted by atomic mass is 35.5. The molecule has 1 fully saturated rings. The van der Waals surface area contributed by atoms with Crippen molar-refractivity contribution in [2.45, 2.75) is 18.9 Å². The van der Waals surface area contributed by atoms with Crippen molar-refractivity contribution >= 4 is 23.3 Å². The average Bonchev–Trinajstić information content (AvgIpc) is 3.31. The highest BCUT2D eigenvalue weighted by Gasteiger charge is 2.29. The first-order chi connectivity index (χ1) is 10.1. The summed E-state index contributed by atoms with van der Waals surface area (Å²) in [5.41, 5.74) is 2.27. The zero-order valence-electron chi connectivity index (χ0n) is 11.5. The molecule has 0 amide bonds. The molecule has 0 aliphatic heterocycles. The van der Waals surface area contributed by atoms with Gasteiger partial charge >= 0.3 is 5.97 Å². The predicted molar refractivity (Wildman–Crippen MR) is 80.9 cm³/mol. The average molecular weight is 304 g/mol. The maximum Gasteiger partial charge on any atom is 0.373 e. The first kappa shape index (κ1) is 13.8. The van der Waals surface area contributed by atoms with Gasteiger partial charge in [0.25, 0.3) is 0 Å². The van der Waals surface area contributed by atoms with Gasteiger partial charge in [-0.25, -0.2) is 14.8 Å². The van der Waals surface area contributed by atoms with Crippen LogP contribution in [0.25, 0.3) is 11.3 Å². The summed E-state index contributed by atoms with van der Waals surface area (Å²) in [5, 5.41) is 9.66. The Morgan fingerprint density at radius 1 is 1.38 bits per heavy atom. The fraction of sp³-hybridized carbons (Fsp3) is 0.267. The Hall–Kier alpha value is -2.14. The number of aromatic carboxylic acids is 1. The Bertz CT molecular complexity index is 701. The molecule has 0 saturated heterocycles. The van der Waals surface area contributed by atoms with E-state index >= 15 is 0 Å². The van der Waals surface area contributed by atoms with Crippen LogP contribution in [-0.2, 0) is 0 Å². The van der Waals surface area contributed by atoms with Crippen molar-refractivity contribution < 1.29 is 9.90 Å². The van der Waals surface area contributed by atoms with Crippen LogP contribution >= 0.6 is 11.6 Å². The van der Waals surface area contributed by atoms with Gasteiger partial charge in [-0.15, -0.1) is 0 Å². The van der Waals surface area contributed by atoms with Crippen LogP contribution in [0.2, 0.25) is 5.02 Å². The molecule has 6 heteroatoms. The molecule has 3 rings (SSSR count). The lowest BCUT2D eigenvalue weighted by molar-refractivity contribution is 0.0683. The Labute approximate surface area is 127 Å². The third kappa shape index (κ3) is 2.69. The highest BCUT2D eigenvalue weighted by molar-refractivity contribution is 6.34. The number of carboxylic acid groups (broad SMARTS) is 1. The summed E-state index contributed by atoms with van der Waals surface area (Å²) in [6.45, 7) is 0. The molecule has 1 aromatic carbocycles. The molecular weight excluding hydrogens is 290 g/mol. The number of nitrogens with zero attached hydrogens (tertiary/aromatic N) is 3. The summed E-state index contributed by atoms with van der Waals surface area (Å²) in [4.78, 5) is 21.0. The monoisotopic (exact) mass is 303 g/mol. The van der Waals surface area contributed by atoms with Crippen LogP contribution in [-0.4, -0.2) is 34.1 Å². The van der Waals surface area contributed by atoms with Gasteiger partial charge < -0.3 is 10.0 Å². The predicted octanol–water partition coefficient (Wildman–Crippen LogP) is 3.09. The number of carbonyl (C=O) groups is 1. The van der Waals surface area contributed by atoms with E-state index in [1.165, 1.54) is 6.20 Å². The molecule has 0 bridgehead atoms. The molecule has 0 spiro atoms. The summed E-state index contributed by atoms with van der Waals surface area (Å²) in [5.74, 6) is -1.36. The summed E-state index contributed by atoms with van der Waals surface area (Å²) < 4.78 is 0. The SMILES string of the molecule is CN(c1c(Cl)cccc1-c1ccnc(C(=O)O)n1)C1CC1. The fourth-order valence-electron chi connectivity index (χ4n) is 2.34. The second-order valence-electron chi connectivity index (χ2n) is 5.05. The van der Waals surface area contributed by atoms with E-state index in [0.29, 0.717) is 16.8 Å². The van der Waals surface area contributed by atoms with Gasteiger partial charge in [-0.1, -0.05) is 23.7 Å². The Morgan fingerprint density at radius 3 is 2.81 bits per heavy atom. The minimum Gasteiger partial charge on any atom is -0.475 e. The van der Waals surface area contributed by atoms with Crippen molar-refractivity contribution in [3.63, 3.8) is 0 Å². The van der Waals surface area contributed by atoms with Gasteiger partial charge in [0.1, 0.15) is 0 Å². The Kier molecular flexibility index (Phi) is 3.51. The maximum atomic E-state index is 11.0. The Balaban J connectivity index is 2.11. The van der Waals surface area contributed by atoms with Crippen LogP contribution in [0.4, 0.5) is 5.69 Å². The van der Waals surface area contributed by atoms with Gasteiger partial charge in [0.15, 0.2) is 0 Å². The lowest BCUT2D eigenvalue weighted by atomic mass is 10.1. The molecule has 21 heavy (non-hydrogen) atoms. The third-order valence-corrected chi connectivity index (χ3v) is 3.86. The fourth-order valence-corrected chi connectivity index (χ4v) is 2.64. The summed E-state index contributed by atoms with van der Waals surface area (Å²) in [6, 6.07) is 7.75. The number of para-hydroxylation sites is 1. The van der Waals surface area contributed by atoms with Gasteiger partial charge in [0.05, 0.1) is 16.4 Å². The minimum atomic E-state index is -1.14. The van der Waals surface area contributed by atoms with E-state index in [0.717, 1.165) is 24.1 Å². The zero-order chi connectivity index (χ0) is 15.0. The second-order valence-corrected chi connectivity index (χ2v) is 5.46. The summed E-state index contributed by atoms with van der Waals surface area (Å²) >= 11 is 6.35. The van der Waals surface area contributed by atoms with Gasteiger partial charge in [0, 0.05) is 24.8 Å². The molecule has 1 aliphatic carbocycles. The zero-order valence-corrected chi connectivity index (χ0v) is 12.2. The first-order valence-corrected chi connectivity index (χ1v) is 7.04. The van der Waals surface area contributed by atoms with Gasteiger partial charge in [-0.05, 0) is 25.0 Å². The number of carboxylic acids is 1. The molecular formula is C15H14ClN3O2. The number of benzene rings is 1. The van der Waals surface area contributed by atoms with E-state index < -0.39 is 5.97 Å². The summed E-state index contributed by atoms with van der Waals surface area (Å²) in [7, 11) is 2.00. The highest BCUT2D eigenvalue weighted by Crippen LogP contribution is 2.40. The molecule has 2 aromatic rings. The van der Waals surface area contributed by atoms with Crippen LogP contribution in [0.5, 0.6) is 0 Å². The van der Waals surface area contributed by atoms with E-state index in [9.17, 15) is 4.79 Å². The molecule has 1 N–H and O–H groups in total. The molecule has 0 radical (unpaired) electrons. The lowest BCUT2D eigenvalue weighted by Crippen LogP contribution is -2.20. The second kappa shape index (κ2) is 5.33.